The number of amides is 8. The molecule has 7 aromatic rings. The standard InChI is InChI=1S/C83H92Cl2N10O23/c1-38(2)14-11-9-7-8-10-12-15-60(101)89-69-71(103)72(104)74(82(112)113-6)118-83(69)117-73-58-32-43-33-59(73)116-56-25-20-42(30-50(56)84)70(102)68-81(111)93-66(76(106)87-26-13-27-95(4)5)48-34-44(96)35-54(99)61(48)47-29-40(18-23-52(47)97)64(78(108)94-68)90-79(109)65(43)91-80(110)67-49-36-46(37-55(100)62(49)85)115-57-31-41(19-24-53(57)98)63(86-3)77(107)88-51(75(105)92-67)28-39-16-21-45(114-58)22-17-39/h16-25,29-38,51,63-72,74,83,86,96-100,102-104H,7-15,26-28H2,1-6H3,(H,87,106)(H,88,107)(H,89,101)(H,90,109)(H,91,110)(H,92,105)(H,93,111)(H,94,108)/t51-,63-,64-,65-,66+,67+,68+,69-,70-,71-,72+,74+,83-/m1/s1. The van der Waals surface area contributed by atoms with Crippen molar-refractivity contribution in [2.45, 2.75) is 157 Å². The number of halogens is 2. The molecule has 1 saturated heterocycles. The molecule has 7 aliphatic rings. The van der Waals surface area contributed by atoms with Crippen LogP contribution in [0.4, 0.5) is 0 Å². The fourth-order valence-electron chi connectivity index (χ4n) is 14.7. The van der Waals surface area contributed by atoms with Gasteiger partial charge in [-0.15, -0.1) is 0 Å². The minimum absolute atomic E-state index is 0.00534. The quantitative estimate of drug-likeness (QED) is 0.0293. The van der Waals surface area contributed by atoms with Gasteiger partial charge in [-0.05, 0) is 153 Å². The number of fused-ring (bicyclic) bond motifs is 14. The summed E-state index contributed by atoms with van der Waals surface area (Å²) in [6.07, 6.45) is -4.66. The molecule has 8 amide bonds. The molecule has 0 spiro atoms. The number of hydrogen-bond acceptors (Lipinski definition) is 25. The molecule has 118 heavy (non-hydrogen) atoms. The second-order valence-corrected chi connectivity index (χ2v) is 30.9. The van der Waals surface area contributed by atoms with Crippen LogP contribution in [0.3, 0.4) is 0 Å². The molecule has 0 aromatic heterocycles. The van der Waals surface area contributed by atoms with Crippen LogP contribution in [0, 0.1) is 5.92 Å². The lowest BCUT2D eigenvalue weighted by Crippen LogP contribution is -2.66. The molecule has 0 unspecified atom stereocenters. The summed E-state index contributed by atoms with van der Waals surface area (Å²) in [5.74, 6) is -15.6. The molecule has 17 bridgehead atoms. The topological polar surface area (TPSA) is 482 Å². The number of aliphatic hydroxyl groups excluding tert-OH is 3. The Bertz CT molecular complexity index is 5000. The summed E-state index contributed by atoms with van der Waals surface area (Å²) in [5.41, 5.74) is -1.97. The van der Waals surface area contributed by atoms with E-state index in [2.05, 4.69) is 61.7 Å². The maximum Gasteiger partial charge on any atom is 0.337 e. The molecule has 14 rings (SSSR count). The Morgan fingerprint density at radius 1 is 0.585 bits per heavy atom. The average Bonchev–Trinajstić information content (AvgIpc) is 0.774. The Labute approximate surface area is 687 Å². The van der Waals surface area contributed by atoms with Crippen LogP contribution >= 0.6 is 23.2 Å². The van der Waals surface area contributed by atoms with Crippen LogP contribution in [-0.2, 0) is 59.0 Å². The zero-order valence-corrected chi connectivity index (χ0v) is 66.5. The minimum atomic E-state index is -2.35. The van der Waals surface area contributed by atoms with Gasteiger partial charge in [0, 0.05) is 48.2 Å². The second kappa shape index (κ2) is 37.3. The molecule has 13 atom stereocenters. The number of hydrogen-bond donors (Lipinski definition) is 17. The van der Waals surface area contributed by atoms with Gasteiger partial charge in [-0.25, -0.2) is 4.79 Å². The van der Waals surface area contributed by atoms with Crippen LogP contribution in [0.15, 0.2) is 115 Å². The van der Waals surface area contributed by atoms with Gasteiger partial charge >= 0.3 is 5.97 Å². The molecule has 7 aliphatic heterocycles. The zero-order chi connectivity index (χ0) is 84.7. The van der Waals surface area contributed by atoms with E-state index in [1.807, 2.05) is 4.90 Å². The number of esters is 1. The van der Waals surface area contributed by atoms with Crippen LogP contribution in [-0.4, -0.2) is 183 Å². The molecule has 1 fully saturated rings. The summed E-state index contributed by atoms with van der Waals surface area (Å²) in [5, 5.41) is 118. The van der Waals surface area contributed by atoms with Gasteiger partial charge in [0.1, 0.15) is 107 Å². The molecule has 7 aromatic carbocycles. The number of carbonyl (C=O) groups excluding carboxylic acids is 9. The first-order valence-corrected chi connectivity index (χ1v) is 39.1. The monoisotopic (exact) mass is 1670 g/mol. The molecular weight excluding hydrogens is 1580 g/mol. The first-order valence-electron chi connectivity index (χ1n) is 38.4. The Balaban J connectivity index is 1.09. The predicted molar refractivity (Wildman–Crippen MR) is 424 cm³/mol. The van der Waals surface area contributed by atoms with Crippen LogP contribution in [0.5, 0.6) is 69.0 Å². The average molecular weight is 1670 g/mol. The van der Waals surface area contributed by atoms with E-state index in [0.717, 1.165) is 99.9 Å². The fourth-order valence-corrected chi connectivity index (χ4v) is 15.1. The van der Waals surface area contributed by atoms with Crippen molar-refractivity contribution < 1.29 is 112 Å². The van der Waals surface area contributed by atoms with Crippen molar-refractivity contribution in [3.05, 3.63) is 164 Å². The Kier molecular flexibility index (Phi) is 27.1. The number of unbranched alkanes of at least 4 members (excludes halogenated alkanes) is 5. The van der Waals surface area contributed by atoms with Crippen LogP contribution < -0.4 is 66.8 Å². The summed E-state index contributed by atoms with van der Waals surface area (Å²) in [7, 11) is 6.04. The van der Waals surface area contributed by atoms with E-state index in [9.17, 15) is 60.0 Å². The molecule has 0 radical (unpaired) electrons. The van der Waals surface area contributed by atoms with Gasteiger partial charge in [0.05, 0.1) is 17.2 Å². The minimum Gasteiger partial charge on any atom is -0.508 e. The molecule has 7 heterocycles. The fraction of sp³-hybridized carbons (Fsp3) is 0.386. The van der Waals surface area contributed by atoms with Crippen molar-refractivity contribution >= 4 is 76.4 Å². The van der Waals surface area contributed by atoms with E-state index >= 15 is 24.0 Å². The number of phenolic OH excluding ortho intramolecular Hbond substituents is 5. The van der Waals surface area contributed by atoms with Gasteiger partial charge in [-0.2, -0.15) is 0 Å². The highest BCUT2D eigenvalue weighted by Gasteiger charge is 2.51. The van der Waals surface area contributed by atoms with Gasteiger partial charge in [-0.3, -0.25) is 38.4 Å². The van der Waals surface area contributed by atoms with Gasteiger partial charge in [0.25, 0.3) is 0 Å². The lowest BCUT2D eigenvalue weighted by atomic mass is 9.89. The van der Waals surface area contributed by atoms with Gasteiger partial charge in [0.15, 0.2) is 29.1 Å². The largest absolute Gasteiger partial charge is 0.508 e. The van der Waals surface area contributed by atoms with Crippen molar-refractivity contribution in [3.63, 3.8) is 0 Å². The number of aromatic hydroxyl groups is 5. The highest BCUT2D eigenvalue weighted by atomic mass is 35.5. The number of nitrogens with zero attached hydrogens (tertiary/aromatic N) is 1. The number of ether oxygens (including phenoxy) is 6. The Morgan fingerprint density at radius 3 is 1.93 bits per heavy atom. The maximum absolute atomic E-state index is 16.6. The van der Waals surface area contributed by atoms with Gasteiger partial charge in [0.2, 0.25) is 59.3 Å². The molecule has 35 heteroatoms. The zero-order valence-electron chi connectivity index (χ0n) is 64.9. The number of likely N-dealkylation sites (N-methyl/N-ethyl adjacent to an activating group) is 1. The third-order valence-electron chi connectivity index (χ3n) is 20.9. The lowest BCUT2D eigenvalue weighted by molar-refractivity contribution is -0.242. The van der Waals surface area contributed by atoms with Crippen molar-refractivity contribution in [2.24, 2.45) is 5.92 Å². The normalized spacial score (nSPS) is 23.1. The number of nitrogens with one attached hydrogen (secondary N) is 9. The number of aliphatic hydroxyl groups is 3. The molecule has 626 valence electrons. The number of phenols is 5. The number of rotatable bonds is 19. The van der Waals surface area contributed by atoms with E-state index in [1.54, 1.807) is 14.1 Å². The van der Waals surface area contributed by atoms with Crippen molar-refractivity contribution in [3.8, 4) is 80.1 Å². The SMILES string of the molecule is CN[C@H]1C(=O)N[C@@H]2Cc3ccc(cc3)Oc3cc4cc(c3O[C@@H]3O[C@H](C(=O)OC)[C@@H](O)[C@H](O)[C@H]3NC(=O)CCCCCCCCC(C)C)Oc3ccc(cc3Cl)[C@@H](O)[C@@H]3NC(=O)[C@H](NC(=O)[C@@H]4NC(=O)[C@@H](NC2=O)c2cc(cc(O)c2Cl)Oc2cc1ccc2O)c1ccc(O)c(c1)-c1c(O)cc(O)cc1[C@@H](C(=O)NCCCN(C)C)NC3=O. The number of methoxy groups -OCH3 is 1. The molecule has 0 saturated carbocycles. The third kappa shape index (κ3) is 19.4. The van der Waals surface area contributed by atoms with E-state index in [-0.39, 0.29) is 70.2 Å². The van der Waals surface area contributed by atoms with Crippen LogP contribution in [0.1, 0.15) is 147 Å². The molecule has 0 aliphatic carbocycles. The summed E-state index contributed by atoms with van der Waals surface area (Å²) in [4.78, 5) is 139. The van der Waals surface area contributed by atoms with Gasteiger partial charge in [-0.1, -0.05) is 106 Å². The van der Waals surface area contributed by atoms with Crippen molar-refractivity contribution in [1.82, 2.24) is 52.8 Å². The smallest absolute Gasteiger partial charge is 0.337 e. The molecule has 17 N–H and O–H groups in total. The summed E-state index contributed by atoms with van der Waals surface area (Å²) in [6.45, 7) is 4.79. The maximum atomic E-state index is 16.6. The predicted octanol–water partition coefficient (Wildman–Crippen LogP) is 6.78. The molecule has 33 nitrogen and oxygen atoms in total. The van der Waals surface area contributed by atoms with E-state index in [1.165, 1.54) is 61.6 Å². The third-order valence-corrected chi connectivity index (χ3v) is 21.6. The highest BCUT2D eigenvalue weighted by Crippen LogP contribution is 2.50. The Hall–Kier alpha value is -11.7. The lowest BCUT2D eigenvalue weighted by Gasteiger charge is -2.41. The second-order valence-electron chi connectivity index (χ2n) is 30.1. The summed E-state index contributed by atoms with van der Waals surface area (Å²) >= 11 is 14.3. The Morgan fingerprint density at radius 2 is 1.23 bits per heavy atom. The molecular formula is C83H92Cl2N10O23. The number of benzene rings is 7. The van der Waals surface area contributed by atoms with E-state index in [4.69, 9.17) is 51.6 Å². The van der Waals surface area contributed by atoms with Crippen LogP contribution in [0.25, 0.3) is 11.1 Å². The van der Waals surface area contributed by atoms with E-state index < -0.39 is 205 Å². The summed E-state index contributed by atoms with van der Waals surface area (Å²) in [6, 6.07) is 7.29. The van der Waals surface area contributed by atoms with Crippen LogP contribution in [0.2, 0.25) is 10.0 Å². The van der Waals surface area contributed by atoms with E-state index in [0.29, 0.717) is 37.3 Å². The first-order chi connectivity index (χ1) is 56.4. The summed E-state index contributed by atoms with van der Waals surface area (Å²) < 4.78 is 37.8. The van der Waals surface area contributed by atoms with Gasteiger partial charge < -0.3 is 122 Å². The van der Waals surface area contributed by atoms with Crippen molar-refractivity contribution in [2.75, 3.05) is 41.3 Å². The highest BCUT2D eigenvalue weighted by molar-refractivity contribution is 6.33. The number of carbonyl (C=O) groups is 9. The van der Waals surface area contributed by atoms with Crippen molar-refractivity contribution in [1.29, 1.82) is 0 Å². The first kappa shape index (κ1) is 85.7.